The first-order valence-electron chi connectivity index (χ1n) is 11.5. The standard InChI is InChI=1S/C24H48O/c1-5-6-7-8-9-10-11-12-13-14-15-16-17-18-19-20-21-23(2)24(3,4)22-25/h22-23H,5-21H2,1-4H3. The summed E-state index contributed by atoms with van der Waals surface area (Å²) in [5.41, 5.74) is -0.143. The molecule has 0 amide bonds. The Bertz CT molecular complexity index is 282. The van der Waals surface area contributed by atoms with Crippen LogP contribution in [0.5, 0.6) is 0 Å². The average Bonchev–Trinajstić information content (AvgIpc) is 2.61. The Labute approximate surface area is 159 Å². The van der Waals surface area contributed by atoms with Crippen LogP contribution in [0.15, 0.2) is 0 Å². The Kier molecular flexibility index (Phi) is 16.9. The number of aldehydes is 1. The van der Waals surface area contributed by atoms with E-state index in [9.17, 15) is 4.79 Å². The fourth-order valence-electron chi connectivity index (χ4n) is 3.49. The first kappa shape index (κ1) is 24.7. The van der Waals surface area contributed by atoms with Crippen molar-refractivity contribution in [2.24, 2.45) is 11.3 Å². The quantitative estimate of drug-likeness (QED) is 0.168. The molecule has 0 aromatic heterocycles. The minimum absolute atomic E-state index is 0.143. The second-order valence-electron chi connectivity index (χ2n) is 8.93. The van der Waals surface area contributed by atoms with Crippen molar-refractivity contribution < 1.29 is 4.79 Å². The van der Waals surface area contributed by atoms with Crippen molar-refractivity contribution in [1.82, 2.24) is 0 Å². The molecular formula is C24H48O. The summed E-state index contributed by atoms with van der Waals surface area (Å²) in [7, 11) is 0. The van der Waals surface area contributed by atoms with Crippen molar-refractivity contribution in [3.63, 3.8) is 0 Å². The number of unbranched alkanes of at least 4 members (excludes halogenated alkanes) is 15. The van der Waals surface area contributed by atoms with Gasteiger partial charge in [0.25, 0.3) is 0 Å². The molecule has 1 heteroatoms. The van der Waals surface area contributed by atoms with Crippen LogP contribution in [0.1, 0.15) is 137 Å². The van der Waals surface area contributed by atoms with Gasteiger partial charge in [0, 0.05) is 5.41 Å². The van der Waals surface area contributed by atoms with Crippen LogP contribution >= 0.6 is 0 Å². The molecule has 0 aliphatic rings. The highest BCUT2D eigenvalue weighted by molar-refractivity contribution is 5.58. The van der Waals surface area contributed by atoms with Crippen molar-refractivity contribution in [2.45, 2.75) is 137 Å². The predicted molar refractivity (Wildman–Crippen MR) is 113 cm³/mol. The summed E-state index contributed by atoms with van der Waals surface area (Å²) >= 11 is 0. The molecule has 0 N–H and O–H groups in total. The molecule has 0 spiro atoms. The van der Waals surface area contributed by atoms with Gasteiger partial charge in [-0.25, -0.2) is 0 Å². The zero-order valence-corrected chi connectivity index (χ0v) is 18.1. The molecule has 0 heterocycles. The lowest BCUT2D eigenvalue weighted by Crippen LogP contribution is -2.22. The summed E-state index contributed by atoms with van der Waals surface area (Å²) in [5, 5.41) is 0. The van der Waals surface area contributed by atoms with E-state index < -0.39 is 0 Å². The van der Waals surface area contributed by atoms with Gasteiger partial charge in [0.05, 0.1) is 0 Å². The lowest BCUT2D eigenvalue weighted by molar-refractivity contribution is -0.116. The summed E-state index contributed by atoms with van der Waals surface area (Å²) in [6.07, 6.45) is 25.0. The maximum Gasteiger partial charge on any atom is 0.125 e. The van der Waals surface area contributed by atoms with Gasteiger partial charge in [0.15, 0.2) is 0 Å². The fourth-order valence-corrected chi connectivity index (χ4v) is 3.49. The molecule has 0 bridgehead atoms. The maximum atomic E-state index is 11.0. The fraction of sp³-hybridized carbons (Fsp3) is 0.958. The minimum Gasteiger partial charge on any atom is -0.303 e. The number of carbonyl (C=O) groups is 1. The van der Waals surface area contributed by atoms with E-state index in [0.717, 1.165) is 6.29 Å². The zero-order chi connectivity index (χ0) is 18.8. The van der Waals surface area contributed by atoms with Gasteiger partial charge in [-0.15, -0.1) is 0 Å². The first-order valence-corrected chi connectivity index (χ1v) is 11.5. The molecule has 0 saturated carbocycles. The highest BCUT2D eigenvalue weighted by atomic mass is 16.1. The molecule has 0 saturated heterocycles. The van der Waals surface area contributed by atoms with Crippen molar-refractivity contribution in [3.05, 3.63) is 0 Å². The topological polar surface area (TPSA) is 17.1 Å². The molecule has 0 rings (SSSR count). The van der Waals surface area contributed by atoms with E-state index in [4.69, 9.17) is 0 Å². The van der Waals surface area contributed by atoms with Gasteiger partial charge in [0.2, 0.25) is 0 Å². The van der Waals surface area contributed by atoms with Gasteiger partial charge in [-0.3, -0.25) is 0 Å². The van der Waals surface area contributed by atoms with E-state index in [1.54, 1.807) is 0 Å². The highest BCUT2D eigenvalue weighted by Crippen LogP contribution is 2.28. The number of rotatable bonds is 19. The van der Waals surface area contributed by atoms with E-state index in [1.807, 2.05) is 0 Å². The largest absolute Gasteiger partial charge is 0.303 e. The molecule has 1 atom stereocenters. The Balaban J connectivity index is 3.18. The Hall–Kier alpha value is -0.330. The second-order valence-corrected chi connectivity index (χ2v) is 8.93. The zero-order valence-electron chi connectivity index (χ0n) is 18.1. The van der Waals surface area contributed by atoms with E-state index in [2.05, 4.69) is 27.7 Å². The van der Waals surface area contributed by atoms with Crippen molar-refractivity contribution in [3.8, 4) is 0 Å². The molecule has 1 nitrogen and oxygen atoms in total. The molecule has 0 fully saturated rings. The van der Waals surface area contributed by atoms with Gasteiger partial charge < -0.3 is 4.79 Å². The molecule has 0 radical (unpaired) electrons. The monoisotopic (exact) mass is 352 g/mol. The maximum absolute atomic E-state index is 11.0. The molecule has 0 aromatic carbocycles. The van der Waals surface area contributed by atoms with E-state index in [1.165, 1.54) is 109 Å². The van der Waals surface area contributed by atoms with Crippen LogP contribution in [0.3, 0.4) is 0 Å². The third-order valence-electron chi connectivity index (χ3n) is 6.06. The molecule has 0 aromatic rings. The van der Waals surface area contributed by atoms with Crippen LogP contribution in [0.25, 0.3) is 0 Å². The van der Waals surface area contributed by atoms with Crippen molar-refractivity contribution in [1.29, 1.82) is 0 Å². The summed E-state index contributed by atoms with van der Waals surface area (Å²) < 4.78 is 0. The van der Waals surface area contributed by atoms with Crippen LogP contribution in [-0.4, -0.2) is 6.29 Å². The van der Waals surface area contributed by atoms with Crippen LogP contribution in [-0.2, 0) is 4.79 Å². The lowest BCUT2D eigenvalue weighted by atomic mass is 9.78. The minimum atomic E-state index is -0.143. The summed E-state index contributed by atoms with van der Waals surface area (Å²) in [6, 6.07) is 0. The van der Waals surface area contributed by atoms with E-state index in [-0.39, 0.29) is 5.41 Å². The van der Waals surface area contributed by atoms with E-state index >= 15 is 0 Å². The molecule has 0 aliphatic carbocycles. The number of hydrogen-bond acceptors (Lipinski definition) is 1. The average molecular weight is 353 g/mol. The van der Waals surface area contributed by atoms with Gasteiger partial charge in [-0.1, -0.05) is 130 Å². The SMILES string of the molecule is CCCCCCCCCCCCCCCCCCC(C)C(C)(C)C=O. The summed E-state index contributed by atoms with van der Waals surface area (Å²) in [4.78, 5) is 11.0. The van der Waals surface area contributed by atoms with Crippen LogP contribution < -0.4 is 0 Å². The highest BCUT2D eigenvalue weighted by Gasteiger charge is 2.24. The van der Waals surface area contributed by atoms with Gasteiger partial charge in [-0.2, -0.15) is 0 Å². The third-order valence-corrected chi connectivity index (χ3v) is 6.06. The second kappa shape index (κ2) is 17.1. The van der Waals surface area contributed by atoms with Crippen LogP contribution in [0, 0.1) is 11.3 Å². The Morgan fingerprint density at radius 1 is 0.640 bits per heavy atom. The van der Waals surface area contributed by atoms with Crippen LogP contribution in [0.4, 0.5) is 0 Å². The number of hydrogen-bond donors (Lipinski definition) is 0. The molecule has 25 heavy (non-hydrogen) atoms. The molecule has 150 valence electrons. The van der Waals surface area contributed by atoms with Crippen molar-refractivity contribution in [2.75, 3.05) is 0 Å². The molecule has 0 aliphatic heterocycles. The van der Waals surface area contributed by atoms with Crippen molar-refractivity contribution >= 4 is 6.29 Å². The first-order chi connectivity index (χ1) is 12.0. The third kappa shape index (κ3) is 15.6. The van der Waals surface area contributed by atoms with Gasteiger partial charge >= 0.3 is 0 Å². The van der Waals surface area contributed by atoms with Gasteiger partial charge in [0.1, 0.15) is 6.29 Å². The lowest BCUT2D eigenvalue weighted by Gasteiger charge is -2.25. The number of carbonyl (C=O) groups excluding carboxylic acids is 1. The summed E-state index contributed by atoms with van der Waals surface area (Å²) in [6.45, 7) is 8.64. The Morgan fingerprint density at radius 3 is 1.28 bits per heavy atom. The Morgan fingerprint density at radius 2 is 0.960 bits per heavy atom. The smallest absolute Gasteiger partial charge is 0.125 e. The normalized spacial score (nSPS) is 13.1. The van der Waals surface area contributed by atoms with Gasteiger partial charge in [-0.05, 0) is 12.3 Å². The summed E-state index contributed by atoms with van der Waals surface area (Å²) in [5.74, 6) is 0.511. The predicted octanol–water partition coefficient (Wildman–Crippen LogP) is 8.50. The molecule has 1 unspecified atom stereocenters. The van der Waals surface area contributed by atoms with Crippen LogP contribution in [0.2, 0.25) is 0 Å². The van der Waals surface area contributed by atoms with E-state index in [0.29, 0.717) is 5.92 Å². The molecular weight excluding hydrogens is 304 g/mol.